The number of rotatable bonds is 2. The number of benzene rings is 2. The molecule has 1 spiro atoms. The van der Waals surface area contributed by atoms with Crippen LogP contribution < -0.4 is 0 Å². The van der Waals surface area contributed by atoms with E-state index in [0.717, 1.165) is 38.8 Å². The monoisotopic (exact) mass is 309 g/mol. The van der Waals surface area contributed by atoms with Crippen LogP contribution in [0.3, 0.4) is 0 Å². The van der Waals surface area contributed by atoms with Crippen LogP contribution in [-0.4, -0.2) is 29.6 Å². The Morgan fingerprint density at radius 3 is 2.78 bits per heavy atom. The number of nitrogens with zero attached hydrogens (tertiary/aromatic N) is 1. The van der Waals surface area contributed by atoms with Crippen LogP contribution in [0.1, 0.15) is 37.7 Å². The van der Waals surface area contributed by atoms with Gasteiger partial charge in [-0.2, -0.15) is 0 Å². The van der Waals surface area contributed by atoms with Crippen molar-refractivity contribution in [2.45, 2.75) is 44.2 Å². The van der Waals surface area contributed by atoms with Crippen LogP contribution in [0.4, 0.5) is 0 Å². The molecule has 4 rings (SSSR count). The molecule has 2 aliphatic heterocycles. The summed E-state index contributed by atoms with van der Waals surface area (Å²) in [7, 11) is 0. The number of fused-ring (bicyclic) bond motifs is 1. The van der Waals surface area contributed by atoms with Crippen molar-refractivity contribution in [3.8, 4) is 0 Å². The molecule has 23 heavy (non-hydrogen) atoms. The predicted octanol–water partition coefficient (Wildman–Crippen LogP) is 3.90. The van der Waals surface area contributed by atoms with Crippen LogP contribution in [0.5, 0.6) is 0 Å². The Balaban J connectivity index is 1.56. The van der Waals surface area contributed by atoms with Crippen LogP contribution in [0.25, 0.3) is 10.8 Å². The Morgan fingerprint density at radius 2 is 1.91 bits per heavy atom. The SMILES string of the molecule is O=C1CC[C@]2(CCCO2)CCN1Cc1cccc2ccccc12. The average molecular weight is 309 g/mol. The molecule has 0 radical (unpaired) electrons. The maximum absolute atomic E-state index is 12.6. The van der Waals surface area contributed by atoms with Gasteiger partial charge in [-0.25, -0.2) is 0 Å². The van der Waals surface area contributed by atoms with E-state index in [1.807, 2.05) is 4.90 Å². The minimum Gasteiger partial charge on any atom is -0.375 e. The third-order valence-corrected chi connectivity index (χ3v) is 5.41. The van der Waals surface area contributed by atoms with E-state index in [1.54, 1.807) is 0 Å². The number of carbonyl (C=O) groups excluding carboxylic acids is 1. The summed E-state index contributed by atoms with van der Waals surface area (Å²) in [5.74, 6) is 0.269. The highest BCUT2D eigenvalue weighted by atomic mass is 16.5. The van der Waals surface area contributed by atoms with Crippen molar-refractivity contribution in [1.29, 1.82) is 0 Å². The molecule has 0 N–H and O–H groups in total. The Morgan fingerprint density at radius 1 is 1.04 bits per heavy atom. The summed E-state index contributed by atoms with van der Waals surface area (Å²) in [5.41, 5.74) is 1.21. The summed E-state index contributed by atoms with van der Waals surface area (Å²) in [4.78, 5) is 14.6. The minimum absolute atomic E-state index is 0.0246. The molecule has 0 saturated carbocycles. The van der Waals surface area contributed by atoms with Crippen molar-refractivity contribution in [2.24, 2.45) is 0 Å². The van der Waals surface area contributed by atoms with Gasteiger partial charge in [-0.3, -0.25) is 4.79 Å². The zero-order valence-electron chi connectivity index (χ0n) is 13.5. The number of amides is 1. The molecule has 2 fully saturated rings. The molecule has 2 heterocycles. The molecule has 0 bridgehead atoms. The molecule has 2 aromatic carbocycles. The van der Waals surface area contributed by atoms with Crippen LogP contribution in [-0.2, 0) is 16.1 Å². The number of hydrogen-bond acceptors (Lipinski definition) is 2. The molecule has 120 valence electrons. The largest absolute Gasteiger partial charge is 0.375 e. The Kier molecular flexibility index (Phi) is 3.82. The maximum atomic E-state index is 12.6. The Bertz CT molecular complexity index is 713. The summed E-state index contributed by atoms with van der Waals surface area (Å²) in [5, 5.41) is 2.49. The molecule has 1 atom stereocenters. The highest BCUT2D eigenvalue weighted by Gasteiger charge is 2.38. The minimum atomic E-state index is -0.0246. The fourth-order valence-electron chi connectivity index (χ4n) is 4.03. The third-order valence-electron chi connectivity index (χ3n) is 5.41. The molecule has 2 aromatic rings. The molecule has 0 unspecified atom stereocenters. The van der Waals surface area contributed by atoms with E-state index in [9.17, 15) is 4.79 Å². The fourth-order valence-corrected chi connectivity index (χ4v) is 4.03. The first-order chi connectivity index (χ1) is 11.3. The van der Waals surface area contributed by atoms with Crippen molar-refractivity contribution in [2.75, 3.05) is 13.2 Å². The first-order valence-electron chi connectivity index (χ1n) is 8.64. The zero-order valence-corrected chi connectivity index (χ0v) is 13.5. The molecule has 2 saturated heterocycles. The summed E-state index contributed by atoms with van der Waals surface area (Å²) >= 11 is 0. The van der Waals surface area contributed by atoms with E-state index in [2.05, 4.69) is 42.5 Å². The molecule has 1 amide bonds. The molecule has 3 heteroatoms. The Labute approximate surface area is 137 Å². The quantitative estimate of drug-likeness (QED) is 0.842. The second-order valence-corrected chi connectivity index (χ2v) is 6.84. The third kappa shape index (κ3) is 2.86. The van der Waals surface area contributed by atoms with Crippen LogP contribution in [0, 0.1) is 0 Å². The number of ether oxygens (including phenoxy) is 1. The Hall–Kier alpha value is -1.87. The standard InChI is InChI=1S/C20H23NO2/c22-19-9-11-20(10-4-14-23-20)12-13-21(19)15-17-7-3-6-16-5-1-2-8-18(16)17/h1-3,5-8H,4,9-15H2/t20-/m1/s1. The number of hydrogen-bond donors (Lipinski definition) is 0. The highest BCUT2D eigenvalue weighted by Crippen LogP contribution is 2.36. The first-order valence-corrected chi connectivity index (χ1v) is 8.64. The van der Waals surface area contributed by atoms with Crippen molar-refractivity contribution in [3.63, 3.8) is 0 Å². The van der Waals surface area contributed by atoms with Crippen molar-refractivity contribution >= 4 is 16.7 Å². The summed E-state index contributed by atoms with van der Waals surface area (Å²) < 4.78 is 6.00. The van der Waals surface area contributed by atoms with Gasteiger partial charge in [0.2, 0.25) is 5.91 Å². The van der Waals surface area contributed by atoms with Gasteiger partial charge in [0, 0.05) is 26.1 Å². The highest BCUT2D eigenvalue weighted by molar-refractivity contribution is 5.86. The fraction of sp³-hybridized carbons (Fsp3) is 0.450. The van der Waals surface area contributed by atoms with Crippen molar-refractivity contribution < 1.29 is 9.53 Å². The van der Waals surface area contributed by atoms with E-state index >= 15 is 0 Å². The summed E-state index contributed by atoms with van der Waals surface area (Å²) in [6.07, 6.45) is 4.73. The molecule has 3 nitrogen and oxygen atoms in total. The topological polar surface area (TPSA) is 29.5 Å². The zero-order chi connectivity index (χ0) is 15.7. The molecular weight excluding hydrogens is 286 g/mol. The van der Waals surface area contributed by atoms with Crippen molar-refractivity contribution in [3.05, 3.63) is 48.0 Å². The summed E-state index contributed by atoms with van der Waals surface area (Å²) in [6.45, 7) is 2.37. The number of carbonyl (C=O) groups is 1. The van der Waals surface area contributed by atoms with Gasteiger partial charge in [0.25, 0.3) is 0 Å². The molecule has 0 aliphatic carbocycles. The van der Waals surface area contributed by atoms with Gasteiger partial charge in [-0.15, -0.1) is 0 Å². The second kappa shape index (κ2) is 5.97. The number of likely N-dealkylation sites (tertiary alicyclic amines) is 1. The molecule has 2 aliphatic rings. The predicted molar refractivity (Wildman–Crippen MR) is 91.1 cm³/mol. The van der Waals surface area contributed by atoms with Crippen molar-refractivity contribution in [1.82, 2.24) is 4.90 Å². The molecule has 0 aromatic heterocycles. The van der Waals surface area contributed by atoms with Crippen LogP contribution >= 0.6 is 0 Å². The van der Waals surface area contributed by atoms with Gasteiger partial charge in [-0.1, -0.05) is 42.5 Å². The van der Waals surface area contributed by atoms with E-state index in [0.29, 0.717) is 13.0 Å². The van der Waals surface area contributed by atoms with Gasteiger partial charge in [0.05, 0.1) is 5.60 Å². The second-order valence-electron chi connectivity index (χ2n) is 6.84. The van der Waals surface area contributed by atoms with Gasteiger partial charge in [0.1, 0.15) is 0 Å². The van der Waals surface area contributed by atoms with E-state index < -0.39 is 0 Å². The molecular formula is C20H23NO2. The van der Waals surface area contributed by atoms with E-state index in [1.165, 1.54) is 16.3 Å². The lowest BCUT2D eigenvalue weighted by Gasteiger charge is -2.27. The maximum Gasteiger partial charge on any atom is 0.222 e. The van der Waals surface area contributed by atoms with Crippen LogP contribution in [0.2, 0.25) is 0 Å². The van der Waals surface area contributed by atoms with Crippen LogP contribution in [0.15, 0.2) is 42.5 Å². The van der Waals surface area contributed by atoms with Gasteiger partial charge >= 0.3 is 0 Å². The first kappa shape index (κ1) is 14.7. The lowest BCUT2D eigenvalue weighted by Crippen LogP contribution is -2.32. The average Bonchev–Trinajstić information content (AvgIpc) is 3.00. The lowest BCUT2D eigenvalue weighted by atomic mass is 9.92. The van der Waals surface area contributed by atoms with E-state index in [4.69, 9.17) is 4.74 Å². The van der Waals surface area contributed by atoms with Gasteiger partial charge in [0.15, 0.2) is 0 Å². The normalized spacial score (nSPS) is 25.2. The lowest BCUT2D eigenvalue weighted by molar-refractivity contribution is -0.131. The van der Waals surface area contributed by atoms with E-state index in [-0.39, 0.29) is 11.5 Å². The van der Waals surface area contributed by atoms with Gasteiger partial charge < -0.3 is 9.64 Å². The summed E-state index contributed by atoms with van der Waals surface area (Å²) in [6, 6.07) is 14.8. The smallest absolute Gasteiger partial charge is 0.222 e. The van der Waals surface area contributed by atoms with Gasteiger partial charge in [-0.05, 0) is 42.0 Å².